The predicted octanol–water partition coefficient (Wildman–Crippen LogP) is 3.55. The normalized spacial score (nSPS) is 18.3. The van der Waals surface area contributed by atoms with Gasteiger partial charge in [-0.2, -0.15) is 0 Å². The van der Waals surface area contributed by atoms with Gasteiger partial charge in [0.1, 0.15) is 5.75 Å². The molecular formula is C14H19BrO2. The van der Waals surface area contributed by atoms with Crippen LogP contribution in [-0.2, 0) is 6.42 Å². The highest BCUT2D eigenvalue weighted by atomic mass is 79.9. The zero-order chi connectivity index (χ0) is 12.3. The van der Waals surface area contributed by atoms with E-state index < -0.39 is 0 Å². The largest absolute Gasteiger partial charge is 0.497 e. The second-order valence-electron chi connectivity index (χ2n) is 5.00. The highest BCUT2D eigenvalue weighted by Gasteiger charge is 2.33. The molecule has 0 aromatic heterocycles. The minimum Gasteiger partial charge on any atom is -0.497 e. The Hall–Kier alpha value is -0.540. The summed E-state index contributed by atoms with van der Waals surface area (Å²) in [4.78, 5) is 0. The first-order chi connectivity index (χ1) is 8.19. The fraction of sp³-hybridized carbons (Fsp3) is 0.571. The number of aliphatic hydroxyl groups excluding tert-OH is 1. The Bertz CT molecular complexity index is 384. The lowest BCUT2D eigenvalue weighted by molar-refractivity contribution is 0.130. The molecule has 0 heterocycles. The highest BCUT2D eigenvalue weighted by Crippen LogP contribution is 2.42. The third-order valence-corrected chi connectivity index (χ3v) is 4.59. The van der Waals surface area contributed by atoms with Crippen molar-refractivity contribution < 1.29 is 9.84 Å². The molecule has 0 aliphatic heterocycles. The summed E-state index contributed by atoms with van der Waals surface area (Å²) in [5.41, 5.74) is 1.33. The van der Waals surface area contributed by atoms with Crippen LogP contribution >= 0.6 is 15.9 Å². The van der Waals surface area contributed by atoms with Crippen LogP contribution in [0.25, 0.3) is 0 Å². The highest BCUT2D eigenvalue weighted by molar-refractivity contribution is 9.10. The molecule has 1 aliphatic rings. The fourth-order valence-electron chi connectivity index (χ4n) is 2.73. The average molecular weight is 299 g/mol. The molecule has 94 valence electrons. The van der Waals surface area contributed by atoms with Crippen molar-refractivity contribution >= 4 is 15.9 Å². The Balaban J connectivity index is 2.22. The molecule has 0 spiro atoms. The van der Waals surface area contributed by atoms with Gasteiger partial charge in [0.25, 0.3) is 0 Å². The van der Waals surface area contributed by atoms with Gasteiger partial charge in [0, 0.05) is 11.1 Å². The van der Waals surface area contributed by atoms with E-state index in [0.717, 1.165) is 29.5 Å². The quantitative estimate of drug-likeness (QED) is 0.921. The SMILES string of the molecule is COc1ccc(Br)c(CC2(CO)CCCC2)c1. The van der Waals surface area contributed by atoms with Crippen LogP contribution in [0.3, 0.4) is 0 Å². The molecule has 0 bridgehead atoms. The molecule has 0 radical (unpaired) electrons. The Morgan fingerprint density at radius 2 is 2.06 bits per heavy atom. The standard InChI is InChI=1S/C14H19BrO2/c1-17-12-4-5-13(15)11(8-12)9-14(10-16)6-2-3-7-14/h4-5,8,16H,2-3,6-7,9-10H2,1H3. The van der Waals surface area contributed by atoms with Crippen LogP contribution in [0.2, 0.25) is 0 Å². The number of aliphatic hydroxyl groups is 1. The number of ether oxygens (including phenoxy) is 1. The Labute approximate surface area is 111 Å². The summed E-state index contributed by atoms with van der Waals surface area (Å²) >= 11 is 3.58. The van der Waals surface area contributed by atoms with Gasteiger partial charge in [0.2, 0.25) is 0 Å². The summed E-state index contributed by atoms with van der Waals surface area (Å²) in [6.07, 6.45) is 5.67. The second kappa shape index (κ2) is 5.40. The van der Waals surface area contributed by atoms with E-state index in [4.69, 9.17) is 4.74 Å². The van der Waals surface area contributed by atoms with Gasteiger partial charge >= 0.3 is 0 Å². The molecule has 0 saturated heterocycles. The van der Waals surface area contributed by atoms with Crippen LogP contribution in [0.1, 0.15) is 31.2 Å². The molecule has 1 aromatic rings. The zero-order valence-electron chi connectivity index (χ0n) is 10.2. The van der Waals surface area contributed by atoms with Gasteiger partial charge in [-0.1, -0.05) is 28.8 Å². The lowest BCUT2D eigenvalue weighted by Gasteiger charge is -2.27. The van der Waals surface area contributed by atoms with Crippen molar-refractivity contribution in [3.63, 3.8) is 0 Å². The molecule has 17 heavy (non-hydrogen) atoms. The zero-order valence-corrected chi connectivity index (χ0v) is 11.8. The number of hydrogen-bond donors (Lipinski definition) is 1. The molecule has 0 amide bonds. The van der Waals surface area contributed by atoms with Crippen molar-refractivity contribution in [2.24, 2.45) is 5.41 Å². The topological polar surface area (TPSA) is 29.5 Å². The van der Waals surface area contributed by atoms with Crippen LogP contribution in [-0.4, -0.2) is 18.8 Å². The molecule has 1 aliphatic carbocycles. The lowest BCUT2D eigenvalue weighted by Crippen LogP contribution is -2.24. The molecule has 3 heteroatoms. The maximum Gasteiger partial charge on any atom is 0.119 e. The maximum atomic E-state index is 9.65. The molecule has 2 rings (SSSR count). The lowest BCUT2D eigenvalue weighted by atomic mass is 9.81. The van der Waals surface area contributed by atoms with E-state index in [2.05, 4.69) is 22.0 Å². The molecule has 0 atom stereocenters. The average Bonchev–Trinajstić information content (AvgIpc) is 2.81. The van der Waals surface area contributed by atoms with E-state index >= 15 is 0 Å². The maximum absolute atomic E-state index is 9.65. The van der Waals surface area contributed by atoms with Crippen LogP contribution in [0.15, 0.2) is 22.7 Å². The van der Waals surface area contributed by atoms with Crippen LogP contribution < -0.4 is 4.74 Å². The fourth-order valence-corrected chi connectivity index (χ4v) is 3.12. The number of hydrogen-bond acceptors (Lipinski definition) is 2. The molecule has 1 N–H and O–H groups in total. The monoisotopic (exact) mass is 298 g/mol. The van der Waals surface area contributed by atoms with Crippen LogP contribution in [0.4, 0.5) is 0 Å². The van der Waals surface area contributed by atoms with Crippen molar-refractivity contribution in [2.45, 2.75) is 32.1 Å². The Morgan fingerprint density at radius 1 is 1.35 bits per heavy atom. The van der Waals surface area contributed by atoms with Crippen molar-refractivity contribution in [1.29, 1.82) is 0 Å². The third-order valence-electron chi connectivity index (χ3n) is 3.82. The molecule has 0 unspecified atom stereocenters. The first-order valence-corrected chi connectivity index (χ1v) is 6.92. The van der Waals surface area contributed by atoms with Gasteiger partial charge < -0.3 is 9.84 Å². The van der Waals surface area contributed by atoms with Crippen molar-refractivity contribution in [3.8, 4) is 5.75 Å². The van der Waals surface area contributed by atoms with Crippen molar-refractivity contribution in [2.75, 3.05) is 13.7 Å². The Morgan fingerprint density at radius 3 is 2.65 bits per heavy atom. The third kappa shape index (κ3) is 2.83. The van der Waals surface area contributed by atoms with Crippen molar-refractivity contribution in [1.82, 2.24) is 0 Å². The molecule has 1 saturated carbocycles. The van der Waals surface area contributed by atoms with Gasteiger partial charge in [-0.05, 0) is 48.4 Å². The van der Waals surface area contributed by atoms with Gasteiger partial charge in [-0.25, -0.2) is 0 Å². The predicted molar refractivity (Wildman–Crippen MR) is 72.4 cm³/mol. The van der Waals surface area contributed by atoms with E-state index in [0.29, 0.717) is 0 Å². The summed E-state index contributed by atoms with van der Waals surface area (Å²) in [7, 11) is 1.68. The second-order valence-corrected chi connectivity index (χ2v) is 5.85. The number of rotatable bonds is 4. The van der Waals surface area contributed by atoms with E-state index in [1.165, 1.54) is 18.4 Å². The van der Waals surface area contributed by atoms with E-state index in [9.17, 15) is 5.11 Å². The number of benzene rings is 1. The van der Waals surface area contributed by atoms with E-state index in [-0.39, 0.29) is 12.0 Å². The first kappa shape index (κ1) is 12.9. The number of methoxy groups -OCH3 is 1. The minimum atomic E-state index is 0.0921. The summed E-state index contributed by atoms with van der Waals surface area (Å²) < 4.78 is 6.37. The van der Waals surface area contributed by atoms with Gasteiger partial charge in [0.05, 0.1) is 7.11 Å². The molecule has 1 aromatic carbocycles. The van der Waals surface area contributed by atoms with Crippen LogP contribution in [0, 0.1) is 5.41 Å². The van der Waals surface area contributed by atoms with Gasteiger partial charge in [-0.3, -0.25) is 0 Å². The summed E-state index contributed by atoms with van der Waals surface area (Å²) in [5, 5.41) is 9.65. The smallest absolute Gasteiger partial charge is 0.119 e. The Kier molecular flexibility index (Phi) is 4.10. The molecule has 2 nitrogen and oxygen atoms in total. The minimum absolute atomic E-state index is 0.0921. The van der Waals surface area contributed by atoms with Crippen molar-refractivity contribution in [3.05, 3.63) is 28.2 Å². The summed E-state index contributed by atoms with van der Waals surface area (Å²) in [5.74, 6) is 0.884. The van der Waals surface area contributed by atoms with Crippen LogP contribution in [0.5, 0.6) is 5.75 Å². The van der Waals surface area contributed by atoms with Gasteiger partial charge in [0.15, 0.2) is 0 Å². The van der Waals surface area contributed by atoms with E-state index in [1.807, 2.05) is 12.1 Å². The summed E-state index contributed by atoms with van der Waals surface area (Å²) in [6, 6.07) is 6.04. The summed E-state index contributed by atoms with van der Waals surface area (Å²) in [6.45, 7) is 0.288. The molecule has 1 fully saturated rings. The van der Waals surface area contributed by atoms with E-state index in [1.54, 1.807) is 7.11 Å². The molecular weight excluding hydrogens is 280 g/mol. The van der Waals surface area contributed by atoms with Gasteiger partial charge in [-0.15, -0.1) is 0 Å². The first-order valence-electron chi connectivity index (χ1n) is 6.12. The number of halogens is 1.